The molecule has 0 aliphatic rings. The summed E-state index contributed by atoms with van der Waals surface area (Å²) in [5.74, 6) is -0.326. The first-order valence-corrected chi connectivity index (χ1v) is 11.5. The lowest BCUT2D eigenvalue weighted by Gasteiger charge is -2.19. The molecule has 162 valence electrons. The summed E-state index contributed by atoms with van der Waals surface area (Å²) in [7, 11) is -3.57. The number of carbonyl (C=O) groups excluding carboxylic acids is 1. The molecule has 31 heavy (non-hydrogen) atoms. The summed E-state index contributed by atoms with van der Waals surface area (Å²) in [4.78, 5) is 12.6. The normalized spacial score (nSPS) is 11.6. The quantitative estimate of drug-likeness (QED) is 0.526. The van der Waals surface area contributed by atoms with Gasteiger partial charge in [0.05, 0.1) is 4.90 Å². The molecule has 3 aromatic carbocycles. The second kappa shape index (κ2) is 10.3. The first-order chi connectivity index (χ1) is 14.8. The van der Waals surface area contributed by atoms with Gasteiger partial charge in [-0.05, 0) is 49.2 Å². The van der Waals surface area contributed by atoms with E-state index in [1.165, 1.54) is 12.1 Å². The lowest BCUT2D eigenvalue weighted by molar-refractivity contribution is -0.121. The number of hydrogen-bond acceptors (Lipinski definition) is 4. The first-order valence-electron chi connectivity index (χ1n) is 9.99. The Kier molecular flexibility index (Phi) is 7.57. The molecule has 0 aliphatic carbocycles. The molecule has 1 amide bonds. The predicted molar refractivity (Wildman–Crippen MR) is 121 cm³/mol. The number of rotatable bonds is 9. The van der Waals surface area contributed by atoms with Crippen LogP contribution in [-0.4, -0.2) is 27.0 Å². The Morgan fingerprint density at radius 3 is 1.84 bits per heavy atom. The molecule has 0 saturated carbocycles. The van der Waals surface area contributed by atoms with Gasteiger partial charge < -0.3 is 10.1 Å². The maximum Gasteiger partial charge on any atom is 0.250 e. The van der Waals surface area contributed by atoms with Gasteiger partial charge in [0.15, 0.2) is 0 Å². The molecule has 0 saturated heterocycles. The monoisotopic (exact) mass is 438 g/mol. The van der Waals surface area contributed by atoms with E-state index in [0.29, 0.717) is 5.69 Å². The van der Waals surface area contributed by atoms with Gasteiger partial charge in [0.1, 0.15) is 12.7 Å². The fourth-order valence-electron chi connectivity index (χ4n) is 3.09. The molecule has 0 aromatic heterocycles. The van der Waals surface area contributed by atoms with Crippen molar-refractivity contribution in [2.45, 2.75) is 30.9 Å². The van der Waals surface area contributed by atoms with Crippen LogP contribution in [0.25, 0.3) is 0 Å². The van der Waals surface area contributed by atoms with E-state index in [1.54, 1.807) is 26.0 Å². The Morgan fingerprint density at radius 2 is 1.35 bits per heavy atom. The number of benzene rings is 3. The average molecular weight is 439 g/mol. The van der Waals surface area contributed by atoms with Crippen LogP contribution in [0.15, 0.2) is 89.8 Å². The van der Waals surface area contributed by atoms with Gasteiger partial charge in [-0.3, -0.25) is 4.79 Å². The number of carbonyl (C=O) groups is 1. The van der Waals surface area contributed by atoms with Crippen LogP contribution in [-0.2, 0) is 19.6 Å². The largest absolute Gasteiger partial charge is 0.359 e. The van der Waals surface area contributed by atoms with Crippen molar-refractivity contribution < 1.29 is 17.9 Å². The number of hydrogen-bond donors (Lipinski definition) is 2. The van der Waals surface area contributed by atoms with Crippen molar-refractivity contribution in [2.75, 3.05) is 11.9 Å². The molecule has 7 heteroatoms. The lowest BCUT2D eigenvalue weighted by Crippen LogP contribution is -2.30. The summed E-state index contributed by atoms with van der Waals surface area (Å²) >= 11 is 0. The number of ether oxygens (including phenoxy) is 1. The molecule has 0 heterocycles. The van der Waals surface area contributed by atoms with E-state index < -0.39 is 10.0 Å². The van der Waals surface area contributed by atoms with Gasteiger partial charge in [-0.15, -0.1) is 0 Å². The Bertz CT molecular complexity index is 1040. The average Bonchev–Trinajstić information content (AvgIpc) is 2.75. The summed E-state index contributed by atoms with van der Waals surface area (Å²) in [5, 5.41) is 2.74. The molecule has 0 bridgehead atoms. The third kappa shape index (κ3) is 6.49. The van der Waals surface area contributed by atoms with Crippen molar-refractivity contribution >= 4 is 21.6 Å². The molecule has 0 radical (unpaired) electrons. The van der Waals surface area contributed by atoms with Crippen LogP contribution in [0.1, 0.15) is 31.1 Å². The predicted octanol–water partition coefficient (Wildman–Crippen LogP) is 4.12. The minimum absolute atomic E-state index is 0.142. The number of anilines is 1. The molecular weight excluding hydrogens is 412 g/mol. The summed E-state index contributed by atoms with van der Waals surface area (Å²) in [6, 6.07) is 25.2. The van der Waals surface area contributed by atoms with E-state index >= 15 is 0 Å². The SMILES string of the molecule is CC(C)NS(=O)(=O)c1ccc(NC(=O)COC(c2ccccc2)c2ccccc2)cc1. The van der Waals surface area contributed by atoms with E-state index in [9.17, 15) is 13.2 Å². The highest BCUT2D eigenvalue weighted by Gasteiger charge is 2.17. The van der Waals surface area contributed by atoms with Crippen LogP contribution < -0.4 is 10.0 Å². The number of sulfonamides is 1. The first kappa shape index (κ1) is 22.7. The zero-order valence-corrected chi connectivity index (χ0v) is 18.3. The molecule has 0 unspecified atom stereocenters. The van der Waals surface area contributed by atoms with Gasteiger partial charge in [0, 0.05) is 11.7 Å². The second-order valence-corrected chi connectivity index (χ2v) is 9.07. The van der Waals surface area contributed by atoms with Crippen LogP contribution in [0.3, 0.4) is 0 Å². The van der Waals surface area contributed by atoms with Crippen LogP contribution in [0.4, 0.5) is 5.69 Å². The smallest absolute Gasteiger partial charge is 0.250 e. The fourth-order valence-corrected chi connectivity index (χ4v) is 4.34. The third-order valence-corrected chi connectivity index (χ3v) is 6.10. The Labute approximate surface area is 183 Å². The molecule has 0 spiro atoms. The molecule has 3 rings (SSSR count). The van der Waals surface area contributed by atoms with Crippen LogP contribution >= 0.6 is 0 Å². The van der Waals surface area contributed by atoms with Crippen molar-refractivity contribution in [2.24, 2.45) is 0 Å². The highest BCUT2D eigenvalue weighted by Crippen LogP contribution is 2.25. The number of amides is 1. The molecular formula is C24H26N2O4S. The van der Waals surface area contributed by atoms with Crippen molar-refractivity contribution in [1.82, 2.24) is 4.72 Å². The van der Waals surface area contributed by atoms with E-state index in [-0.39, 0.29) is 29.6 Å². The van der Waals surface area contributed by atoms with E-state index in [4.69, 9.17) is 4.74 Å². The topological polar surface area (TPSA) is 84.5 Å². The van der Waals surface area contributed by atoms with Crippen LogP contribution in [0.2, 0.25) is 0 Å². The maximum absolute atomic E-state index is 12.4. The van der Waals surface area contributed by atoms with Gasteiger partial charge in [-0.1, -0.05) is 60.7 Å². The van der Waals surface area contributed by atoms with E-state index in [1.807, 2.05) is 60.7 Å². The third-order valence-electron chi connectivity index (χ3n) is 4.42. The maximum atomic E-state index is 12.4. The van der Waals surface area contributed by atoms with Gasteiger partial charge in [0.2, 0.25) is 15.9 Å². The van der Waals surface area contributed by atoms with Gasteiger partial charge in [-0.2, -0.15) is 0 Å². The minimum atomic E-state index is -3.57. The van der Waals surface area contributed by atoms with Gasteiger partial charge >= 0.3 is 0 Å². The molecule has 2 N–H and O–H groups in total. The van der Waals surface area contributed by atoms with Gasteiger partial charge in [0.25, 0.3) is 0 Å². The molecule has 0 atom stereocenters. The highest BCUT2D eigenvalue weighted by molar-refractivity contribution is 7.89. The lowest BCUT2D eigenvalue weighted by atomic mass is 10.0. The highest BCUT2D eigenvalue weighted by atomic mass is 32.2. The van der Waals surface area contributed by atoms with Crippen molar-refractivity contribution in [3.63, 3.8) is 0 Å². The standard InChI is InChI=1S/C24H26N2O4S/c1-18(2)26-31(28,29)22-15-13-21(14-16-22)25-23(27)17-30-24(19-9-5-3-6-10-19)20-11-7-4-8-12-20/h3-16,18,24,26H,17H2,1-2H3,(H,25,27). The summed E-state index contributed by atoms with van der Waals surface area (Å²) < 4.78 is 32.9. The van der Waals surface area contributed by atoms with Crippen LogP contribution in [0, 0.1) is 0 Å². The van der Waals surface area contributed by atoms with Crippen molar-refractivity contribution in [3.8, 4) is 0 Å². The molecule has 0 aliphatic heterocycles. The number of nitrogens with one attached hydrogen (secondary N) is 2. The van der Waals surface area contributed by atoms with Crippen molar-refractivity contribution in [1.29, 1.82) is 0 Å². The molecule has 3 aromatic rings. The zero-order valence-electron chi connectivity index (χ0n) is 17.5. The van der Waals surface area contributed by atoms with Crippen molar-refractivity contribution in [3.05, 3.63) is 96.1 Å². The summed E-state index contributed by atoms with van der Waals surface area (Å²) in [6.45, 7) is 3.36. The molecule has 6 nitrogen and oxygen atoms in total. The van der Waals surface area contributed by atoms with E-state index in [2.05, 4.69) is 10.0 Å². The van der Waals surface area contributed by atoms with Crippen LogP contribution in [0.5, 0.6) is 0 Å². The van der Waals surface area contributed by atoms with Gasteiger partial charge in [-0.25, -0.2) is 13.1 Å². The molecule has 0 fully saturated rings. The minimum Gasteiger partial charge on any atom is -0.359 e. The zero-order chi connectivity index (χ0) is 22.3. The second-order valence-electron chi connectivity index (χ2n) is 7.36. The van der Waals surface area contributed by atoms with E-state index in [0.717, 1.165) is 11.1 Å². The fraction of sp³-hybridized carbons (Fsp3) is 0.208. The summed E-state index contributed by atoms with van der Waals surface area (Å²) in [5.41, 5.74) is 2.40. The Morgan fingerprint density at radius 1 is 0.839 bits per heavy atom. The Balaban J connectivity index is 1.64. The Hall–Kier alpha value is -3.00. The summed E-state index contributed by atoms with van der Waals surface area (Å²) in [6.07, 6.45) is -0.372.